The number of ketones is 1. The van der Waals surface area contributed by atoms with E-state index in [1.165, 1.54) is 0 Å². The van der Waals surface area contributed by atoms with Crippen molar-refractivity contribution in [2.45, 2.75) is 39.7 Å². The van der Waals surface area contributed by atoms with Crippen LogP contribution in [0, 0.1) is 16.7 Å². The summed E-state index contributed by atoms with van der Waals surface area (Å²) in [6, 6.07) is -0.0846. The third-order valence-electron chi connectivity index (χ3n) is 5.22. The fraction of sp³-hybridized carbons (Fsp3) is 0.846. The van der Waals surface area contributed by atoms with Gasteiger partial charge in [-0.3, -0.25) is 4.79 Å². The summed E-state index contributed by atoms with van der Waals surface area (Å²) in [5, 5.41) is 3.91. The van der Waals surface area contributed by atoms with E-state index in [0.717, 1.165) is 12.8 Å². The monoisotopic (exact) mass is 254 g/mol. The fourth-order valence-corrected chi connectivity index (χ4v) is 3.64. The highest BCUT2D eigenvalue weighted by Crippen LogP contribution is 2.63. The molecule has 96 valence electrons. The zero-order chi connectivity index (χ0) is 13.0. The van der Waals surface area contributed by atoms with E-state index in [-0.39, 0.29) is 16.9 Å². The van der Waals surface area contributed by atoms with Gasteiger partial charge >= 0.3 is 0 Å². The summed E-state index contributed by atoms with van der Waals surface area (Å²) < 4.78 is 0. The number of thiocarbonyl (C=S) groups is 1. The molecule has 0 aromatic rings. The molecule has 1 N–H and O–H groups in total. The molecule has 0 aromatic carbocycles. The van der Waals surface area contributed by atoms with Crippen molar-refractivity contribution in [3.63, 3.8) is 0 Å². The van der Waals surface area contributed by atoms with Gasteiger partial charge in [0, 0.05) is 19.5 Å². The Kier molecular flexibility index (Phi) is 2.77. The van der Waals surface area contributed by atoms with Crippen LogP contribution in [0.4, 0.5) is 0 Å². The summed E-state index contributed by atoms with van der Waals surface area (Å²) >= 11 is 5.26. The van der Waals surface area contributed by atoms with Crippen LogP contribution in [-0.2, 0) is 4.79 Å². The number of hydrogen-bond acceptors (Lipinski definition) is 2. The van der Waals surface area contributed by atoms with Gasteiger partial charge in [0.25, 0.3) is 0 Å². The van der Waals surface area contributed by atoms with Crippen LogP contribution in [0.5, 0.6) is 0 Å². The molecule has 0 spiro atoms. The van der Waals surface area contributed by atoms with Crippen LogP contribution < -0.4 is 5.32 Å². The molecule has 2 aliphatic rings. The first-order valence-electron chi connectivity index (χ1n) is 6.24. The lowest BCUT2D eigenvalue weighted by Gasteiger charge is -2.32. The molecule has 0 aromatic heterocycles. The Labute approximate surface area is 109 Å². The number of nitrogens with zero attached hydrogens (tertiary/aromatic N) is 1. The number of carbonyl (C=O) groups is 1. The van der Waals surface area contributed by atoms with Crippen LogP contribution in [0.3, 0.4) is 0 Å². The predicted octanol–water partition coefficient (Wildman–Crippen LogP) is 1.82. The van der Waals surface area contributed by atoms with Crippen molar-refractivity contribution in [1.82, 2.24) is 10.2 Å². The van der Waals surface area contributed by atoms with Gasteiger partial charge in [-0.2, -0.15) is 0 Å². The lowest BCUT2D eigenvalue weighted by atomic mass is 9.70. The van der Waals surface area contributed by atoms with Gasteiger partial charge < -0.3 is 10.2 Å². The summed E-state index contributed by atoms with van der Waals surface area (Å²) in [7, 11) is 3.81. The van der Waals surface area contributed by atoms with Crippen molar-refractivity contribution < 1.29 is 4.79 Å². The molecule has 2 bridgehead atoms. The van der Waals surface area contributed by atoms with Crippen LogP contribution in [-0.4, -0.2) is 35.9 Å². The minimum atomic E-state index is -0.169. The van der Waals surface area contributed by atoms with E-state index in [2.05, 4.69) is 26.1 Å². The highest BCUT2D eigenvalue weighted by molar-refractivity contribution is 7.80. The smallest absolute Gasteiger partial charge is 0.169 e. The van der Waals surface area contributed by atoms with Crippen molar-refractivity contribution >= 4 is 23.1 Å². The molecule has 3 nitrogen and oxygen atoms in total. The quantitative estimate of drug-likeness (QED) is 0.724. The Hall–Kier alpha value is -0.640. The van der Waals surface area contributed by atoms with E-state index in [9.17, 15) is 4.79 Å². The Morgan fingerprint density at radius 2 is 2.00 bits per heavy atom. The number of fused-ring (bicyclic) bond motifs is 2. The van der Waals surface area contributed by atoms with Crippen LogP contribution >= 0.6 is 12.2 Å². The maximum Gasteiger partial charge on any atom is 0.169 e. The molecule has 0 saturated heterocycles. The summed E-state index contributed by atoms with van der Waals surface area (Å²) in [5.41, 5.74) is -0.0824. The lowest BCUT2D eigenvalue weighted by Crippen LogP contribution is -2.49. The molecule has 4 heteroatoms. The number of rotatable bonds is 1. The van der Waals surface area contributed by atoms with Gasteiger partial charge in [0.2, 0.25) is 0 Å². The molecule has 2 saturated carbocycles. The topological polar surface area (TPSA) is 32.3 Å². The lowest BCUT2D eigenvalue weighted by molar-refractivity contribution is -0.129. The van der Waals surface area contributed by atoms with E-state index in [4.69, 9.17) is 12.2 Å². The number of nitrogens with one attached hydrogen (secondary N) is 1. The summed E-state index contributed by atoms with van der Waals surface area (Å²) in [6.45, 7) is 6.57. The second kappa shape index (κ2) is 3.67. The van der Waals surface area contributed by atoms with Gasteiger partial charge in [0.1, 0.15) is 0 Å². The molecule has 3 atom stereocenters. The average Bonchev–Trinajstić information content (AvgIpc) is 2.52. The maximum absolute atomic E-state index is 12.5. The molecule has 2 rings (SSSR count). The third kappa shape index (κ3) is 1.53. The number of hydrogen-bond donors (Lipinski definition) is 1. The van der Waals surface area contributed by atoms with Crippen molar-refractivity contribution in [2.75, 3.05) is 14.1 Å². The van der Waals surface area contributed by atoms with E-state index in [1.54, 1.807) is 0 Å². The average molecular weight is 254 g/mol. The molecule has 0 aliphatic heterocycles. The van der Waals surface area contributed by atoms with E-state index in [0.29, 0.717) is 16.8 Å². The van der Waals surface area contributed by atoms with Gasteiger partial charge in [-0.25, -0.2) is 0 Å². The largest absolute Gasteiger partial charge is 0.355 e. The van der Waals surface area contributed by atoms with Crippen molar-refractivity contribution in [1.29, 1.82) is 0 Å². The minimum Gasteiger partial charge on any atom is -0.355 e. The second-order valence-corrected chi connectivity index (χ2v) is 6.77. The predicted molar refractivity (Wildman–Crippen MR) is 72.8 cm³/mol. The van der Waals surface area contributed by atoms with E-state index in [1.807, 2.05) is 19.0 Å². The van der Waals surface area contributed by atoms with Gasteiger partial charge in [-0.15, -0.1) is 0 Å². The molecule has 0 heterocycles. The summed E-state index contributed by atoms with van der Waals surface area (Å²) in [6.07, 6.45) is 2.15. The fourth-order valence-electron chi connectivity index (χ4n) is 3.51. The summed E-state index contributed by atoms with van der Waals surface area (Å²) in [5.74, 6) is 0.765. The van der Waals surface area contributed by atoms with Crippen molar-refractivity contribution in [2.24, 2.45) is 16.7 Å². The van der Waals surface area contributed by atoms with Crippen molar-refractivity contribution in [3.05, 3.63) is 0 Å². The molecule has 2 aliphatic carbocycles. The van der Waals surface area contributed by atoms with E-state index >= 15 is 0 Å². The second-order valence-electron chi connectivity index (χ2n) is 6.38. The molecular formula is C13H22N2OS. The Bertz CT molecular complexity index is 378. The minimum absolute atomic E-state index is 0.0846. The van der Waals surface area contributed by atoms with Gasteiger partial charge in [0.05, 0.1) is 6.04 Å². The number of Topliss-reactive ketones (excluding diaryl/α,β-unsaturated/α-hetero) is 1. The van der Waals surface area contributed by atoms with Crippen LogP contribution in [0.2, 0.25) is 0 Å². The van der Waals surface area contributed by atoms with Gasteiger partial charge in [-0.05, 0) is 36.4 Å². The van der Waals surface area contributed by atoms with E-state index < -0.39 is 0 Å². The first-order chi connectivity index (χ1) is 7.72. The van der Waals surface area contributed by atoms with Crippen molar-refractivity contribution in [3.8, 4) is 0 Å². The first-order valence-corrected chi connectivity index (χ1v) is 6.65. The Balaban J connectivity index is 2.23. The molecule has 0 amide bonds. The molecule has 17 heavy (non-hydrogen) atoms. The molecule has 0 radical (unpaired) electrons. The van der Waals surface area contributed by atoms with Crippen LogP contribution in [0.15, 0.2) is 0 Å². The molecule has 3 unspecified atom stereocenters. The Morgan fingerprint density at radius 1 is 1.41 bits per heavy atom. The molecular weight excluding hydrogens is 232 g/mol. The zero-order valence-electron chi connectivity index (χ0n) is 11.3. The number of carbonyl (C=O) groups excluding carboxylic acids is 1. The van der Waals surface area contributed by atoms with Gasteiger partial charge in [0.15, 0.2) is 10.9 Å². The van der Waals surface area contributed by atoms with Gasteiger partial charge in [-0.1, -0.05) is 20.8 Å². The highest BCUT2D eigenvalue weighted by Gasteiger charge is 2.66. The standard InChI is InChI=1S/C13H22N2OS/c1-12(2)8-6-7-13(12,3)10(16)9(8)14-11(17)15(4)5/h8-9H,6-7H2,1-5H3,(H,14,17). The Morgan fingerprint density at radius 3 is 2.41 bits per heavy atom. The highest BCUT2D eigenvalue weighted by atomic mass is 32.1. The third-order valence-corrected chi connectivity index (χ3v) is 5.70. The maximum atomic E-state index is 12.5. The normalized spacial score (nSPS) is 38.3. The molecule has 2 fully saturated rings. The van der Waals surface area contributed by atoms with Crippen LogP contribution in [0.25, 0.3) is 0 Å². The first kappa shape index (κ1) is 12.8. The summed E-state index contributed by atoms with van der Waals surface area (Å²) in [4.78, 5) is 14.4. The zero-order valence-corrected chi connectivity index (χ0v) is 12.1. The van der Waals surface area contributed by atoms with Crippen LogP contribution in [0.1, 0.15) is 33.6 Å². The SMILES string of the molecule is CN(C)C(=S)NC1C(=O)C2(C)CCC1C2(C)C.